The molecule has 3 unspecified atom stereocenters. The summed E-state index contributed by atoms with van der Waals surface area (Å²) in [5.41, 5.74) is 1.03. The Morgan fingerprint density at radius 3 is 2.46 bits per heavy atom. The monoisotopic (exact) mass is 328 g/mol. The molecule has 2 aliphatic rings. The molecule has 24 heavy (non-hydrogen) atoms. The van der Waals surface area contributed by atoms with Gasteiger partial charge in [-0.15, -0.1) is 0 Å². The van der Waals surface area contributed by atoms with Crippen LogP contribution in [-0.2, 0) is 11.3 Å². The van der Waals surface area contributed by atoms with Gasteiger partial charge in [0.15, 0.2) is 0 Å². The summed E-state index contributed by atoms with van der Waals surface area (Å²) in [5.74, 6) is 1.81. The van der Waals surface area contributed by atoms with Gasteiger partial charge in [0.05, 0.1) is 6.04 Å². The Hall–Kier alpha value is -1.35. The zero-order valence-electron chi connectivity index (χ0n) is 15.4. The number of rotatable bonds is 3. The first kappa shape index (κ1) is 17.5. The van der Waals surface area contributed by atoms with Crippen molar-refractivity contribution in [3.05, 3.63) is 35.9 Å². The molecular formula is C21H32N2O. The molecular weight excluding hydrogens is 296 g/mol. The van der Waals surface area contributed by atoms with E-state index in [9.17, 15) is 4.79 Å². The fourth-order valence-electron chi connectivity index (χ4n) is 4.33. The summed E-state index contributed by atoms with van der Waals surface area (Å²) in [6.07, 6.45) is 6.37. The normalized spacial score (nSPS) is 27.4. The van der Waals surface area contributed by atoms with E-state index in [4.69, 9.17) is 0 Å². The van der Waals surface area contributed by atoms with Crippen LogP contribution in [0.4, 0.5) is 0 Å². The lowest BCUT2D eigenvalue weighted by molar-refractivity contribution is -0.140. The summed E-state index contributed by atoms with van der Waals surface area (Å²) in [5, 5.41) is 3.57. The van der Waals surface area contributed by atoms with Gasteiger partial charge >= 0.3 is 0 Å². The molecule has 0 spiro atoms. The van der Waals surface area contributed by atoms with E-state index in [0.717, 1.165) is 24.8 Å². The Bertz CT molecular complexity index is 549. The van der Waals surface area contributed by atoms with Crippen LogP contribution in [0.15, 0.2) is 30.3 Å². The van der Waals surface area contributed by atoms with Crippen LogP contribution in [0.5, 0.6) is 0 Å². The summed E-state index contributed by atoms with van der Waals surface area (Å²) < 4.78 is 0. The Kier molecular flexibility index (Phi) is 5.29. The van der Waals surface area contributed by atoms with E-state index in [1.165, 1.54) is 31.2 Å². The molecule has 1 amide bonds. The van der Waals surface area contributed by atoms with Gasteiger partial charge in [-0.3, -0.25) is 4.79 Å². The number of carbonyl (C=O) groups excluding carboxylic acids is 1. The third-order valence-corrected chi connectivity index (χ3v) is 5.79. The van der Waals surface area contributed by atoms with Gasteiger partial charge in [-0.2, -0.15) is 0 Å². The smallest absolute Gasteiger partial charge is 0.240 e. The van der Waals surface area contributed by atoms with Crippen molar-refractivity contribution >= 4 is 5.91 Å². The molecule has 0 radical (unpaired) electrons. The minimum Gasteiger partial charge on any atom is -0.332 e. The predicted molar refractivity (Wildman–Crippen MR) is 98.6 cm³/mol. The molecule has 1 saturated heterocycles. The maximum absolute atomic E-state index is 13.3. The van der Waals surface area contributed by atoms with Crippen LogP contribution in [0.2, 0.25) is 0 Å². The first-order chi connectivity index (χ1) is 11.4. The highest BCUT2D eigenvalue weighted by Gasteiger charge is 2.38. The van der Waals surface area contributed by atoms with Crippen LogP contribution in [0.25, 0.3) is 0 Å². The lowest BCUT2D eigenvalue weighted by Crippen LogP contribution is -2.57. The highest BCUT2D eigenvalue weighted by atomic mass is 16.2. The molecule has 3 rings (SSSR count). The fraction of sp³-hybridized carbons (Fsp3) is 0.667. The van der Waals surface area contributed by atoms with Gasteiger partial charge in [0.2, 0.25) is 5.91 Å². The van der Waals surface area contributed by atoms with Gasteiger partial charge in [-0.05, 0) is 57.6 Å². The summed E-state index contributed by atoms with van der Waals surface area (Å²) >= 11 is 0. The summed E-state index contributed by atoms with van der Waals surface area (Å²) in [4.78, 5) is 15.3. The lowest BCUT2D eigenvalue weighted by Gasteiger charge is -2.43. The molecule has 1 aliphatic heterocycles. The lowest BCUT2D eigenvalue weighted by atomic mass is 9.73. The molecule has 3 nitrogen and oxygen atoms in total. The van der Waals surface area contributed by atoms with Crippen LogP contribution < -0.4 is 5.32 Å². The van der Waals surface area contributed by atoms with Crippen LogP contribution in [-0.4, -0.2) is 28.9 Å². The Morgan fingerprint density at radius 2 is 1.79 bits per heavy atom. The quantitative estimate of drug-likeness (QED) is 0.910. The number of benzene rings is 1. The molecule has 132 valence electrons. The van der Waals surface area contributed by atoms with E-state index in [1.807, 2.05) is 18.2 Å². The van der Waals surface area contributed by atoms with Crippen molar-refractivity contribution in [2.24, 2.45) is 11.8 Å². The highest BCUT2D eigenvalue weighted by molar-refractivity contribution is 5.82. The van der Waals surface area contributed by atoms with E-state index < -0.39 is 0 Å². The topological polar surface area (TPSA) is 32.3 Å². The van der Waals surface area contributed by atoms with Gasteiger partial charge in [0.1, 0.15) is 0 Å². The molecule has 1 aromatic carbocycles. The van der Waals surface area contributed by atoms with Crippen molar-refractivity contribution in [3.63, 3.8) is 0 Å². The van der Waals surface area contributed by atoms with Gasteiger partial charge in [0.25, 0.3) is 0 Å². The van der Waals surface area contributed by atoms with Gasteiger partial charge < -0.3 is 10.2 Å². The minimum atomic E-state index is -0.169. The molecule has 3 heteroatoms. The van der Waals surface area contributed by atoms with E-state index in [2.05, 4.69) is 43.1 Å². The second kappa shape index (κ2) is 7.26. The molecule has 0 aromatic heterocycles. The van der Waals surface area contributed by atoms with E-state index in [-0.39, 0.29) is 17.5 Å². The first-order valence-corrected chi connectivity index (χ1v) is 9.54. The first-order valence-electron chi connectivity index (χ1n) is 9.54. The third kappa shape index (κ3) is 4.00. The molecule has 1 aromatic rings. The second-order valence-electron chi connectivity index (χ2n) is 8.58. The van der Waals surface area contributed by atoms with Crippen molar-refractivity contribution in [2.75, 3.05) is 6.54 Å². The van der Waals surface area contributed by atoms with E-state index in [0.29, 0.717) is 6.54 Å². The molecule has 3 atom stereocenters. The number of nitrogens with one attached hydrogen (secondary N) is 1. The average Bonchev–Trinajstić information content (AvgIpc) is 2.58. The molecule has 2 fully saturated rings. The Labute approximate surface area is 146 Å². The SMILES string of the molecule is CC(C)(C)N(Cc1ccccc1)C(=O)C1CC2CCCCC2CN1. The van der Waals surface area contributed by atoms with Crippen molar-refractivity contribution in [3.8, 4) is 0 Å². The second-order valence-corrected chi connectivity index (χ2v) is 8.58. The van der Waals surface area contributed by atoms with Crippen LogP contribution in [0.3, 0.4) is 0 Å². The van der Waals surface area contributed by atoms with Gasteiger partial charge in [-0.1, -0.05) is 49.6 Å². The fourth-order valence-corrected chi connectivity index (χ4v) is 4.33. The standard InChI is InChI=1S/C21H32N2O/c1-21(2,3)23(15-16-9-5-4-6-10-16)20(24)19-13-17-11-7-8-12-18(17)14-22-19/h4-6,9-10,17-19,22H,7-8,11-15H2,1-3H3. The van der Waals surface area contributed by atoms with Crippen molar-refractivity contribution < 1.29 is 4.79 Å². The van der Waals surface area contributed by atoms with Gasteiger partial charge in [-0.25, -0.2) is 0 Å². The maximum Gasteiger partial charge on any atom is 0.240 e. The third-order valence-electron chi connectivity index (χ3n) is 5.79. The zero-order chi connectivity index (χ0) is 17.2. The summed E-state index contributed by atoms with van der Waals surface area (Å²) in [6.45, 7) is 8.13. The highest BCUT2D eigenvalue weighted by Crippen LogP contribution is 2.36. The minimum absolute atomic E-state index is 0.00714. The number of amides is 1. The molecule has 1 N–H and O–H groups in total. The number of hydrogen-bond acceptors (Lipinski definition) is 2. The van der Waals surface area contributed by atoms with Crippen LogP contribution in [0.1, 0.15) is 58.4 Å². The number of hydrogen-bond donors (Lipinski definition) is 1. The molecule has 1 aliphatic carbocycles. The molecule has 1 heterocycles. The van der Waals surface area contributed by atoms with E-state index >= 15 is 0 Å². The van der Waals surface area contributed by atoms with E-state index in [1.54, 1.807) is 0 Å². The number of carbonyl (C=O) groups is 1. The van der Waals surface area contributed by atoms with Crippen molar-refractivity contribution in [1.82, 2.24) is 10.2 Å². The van der Waals surface area contributed by atoms with Crippen molar-refractivity contribution in [2.45, 2.75) is 71.0 Å². The average molecular weight is 329 g/mol. The number of fused-ring (bicyclic) bond motifs is 1. The number of piperidine rings is 1. The zero-order valence-corrected chi connectivity index (χ0v) is 15.4. The molecule has 1 saturated carbocycles. The maximum atomic E-state index is 13.3. The summed E-state index contributed by atoms with van der Waals surface area (Å²) in [7, 11) is 0. The summed E-state index contributed by atoms with van der Waals surface area (Å²) in [6, 6.07) is 10.3. The van der Waals surface area contributed by atoms with Crippen LogP contribution >= 0.6 is 0 Å². The Balaban J connectivity index is 1.71. The van der Waals surface area contributed by atoms with Crippen LogP contribution in [0, 0.1) is 11.8 Å². The Morgan fingerprint density at radius 1 is 1.12 bits per heavy atom. The number of nitrogens with zero attached hydrogens (tertiary/aromatic N) is 1. The van der Waals surface area contributed by atoms with Gasteiger partial charge in [0, 0.05) is 12.1 Å². The largest absolute Gasteiger partial charge is 0.332 e. The predicted octanol–water partition coefficient (Wildman–Crippen LogP) is 3.98. The van der Waals surface area contributed by atoms with Crippen molar-refractivity contribution in [1.29, 1.82) is 0 Å². The molecule has 0 bridgehead atoms.